The molecule has 2 aromatic carbocycles. The fourth-order valence-electron chi connectivity index (χ4n) is 2.47. The van der Waals surface area contributed by atoms with E-state index in [-0.39, 0.29) is 11.0 Å². The Kier molecular flexibility index (Phi) is 6.95. The van der Waals surface area contributed by atoms with Crippen molar-refractivity contribution < 1.29 is 9.53 Å². The summed E-state index contributed by atoms with van der Waals surface area (Å²) in [5, 5.41) is 6.17. The SMILES string of the molecule is CCCOc1cccc(C(=O)NC(=S)Nc2c(C)cccc2CC)c1. The van der Waals surface area contributed by atoms with Crippen LogP contribution >= 0.6 is 12.2 Å². The third-order valence-corrected chi connectivity index (χ3v) is 3.98. The smallest absolute Gasteiger partial charge is 0.257 e. The molecule has 0 fully saturated rings. The van der Waals surface area contributed by atoms with Crippen LogP contribution in [-0.2, 0) is 6.42 Å². The van der Waals surface area contributed by atoms with Gasteiger partial charge in [-0.15, -0.1) is 0 Å². The van der Waals surface area contributed by atoms with E-state index < -0.39 is 0 Å². The third-order valence-electron chi connectivity index (χ3n) is 3.77. The molecule has 0 atom stereocenters. The number of rotatable bonds is 6. The minimum absolute atomic E-state index is 0.258. The molecule has 5 heteroatoms. The van der Waals surface area contributed by atoms with Crippen LogP contribution in [0.4, 0.5) is 5.69 Å². The number of amides is 1. The first kappa shape index (κ1) is 18.9. The van der Waals surface area contributed by atoms with Crippen molar-refractivity contribution in [1.82, 2.24) is 5.32 Å². The molecule has 0 aromatic heterocycles. The predicted octanol–water partition coefficient (Wildman–Crippen LogP) is 4.47. The second-order valence-corrected chi connectivity index (χ2v) is 6.16. The number of carbonyl (C=O) groups excluding carboxylic acids is 1. The number of carbonyl (C=O) groups is 1. The third kappa shape index (κ3) is 5.29. The molecule has 0 spiro atoms. The Morgan fingerprint density at radius 2 is 1.92 bits per heavy atom. The highest BCUT2D eigenvalue weighted by atomic mass is 32.1. The van der Waals surface area contributed by atoms with Crippen LogP contribution in [0.3, 0.4) is 0 Å². The topological polar surface area (TPSA) is 50.4 Å². The highest BCUT2D eigenvalue weighted by Gasteiger charge is 2.11. The molecular weight excluding hydrogens is 332 g/mol. The molecule has 4 nitrogen and oxygen atoms in total. The number of anilines is 1. The fraction of sp³-hybridized carbons (Fsp3) is 0.300. The summed E-state index contributed by atoms with van der Waals surface area (Å²) in [5.74, 6) is 0.423. The monoisotopic (exact) mass is 356 g/mol. The van der Waals surface area contributed by atoms with Gasteiger partial charge in [0.15, 0.2) is 5.11 Å². The van der Waals surface area contributed by atoms with Crippen molar-refractivity contribution in [1.29, 1.82) is 0 Å². The molecule has 1 amide bonds. The number of benzene rings is 2. The Balaban J connectivity index is 2.05. The van der Waals surface area contributed by atoms with Gasteiger partial charge >= 0.3 is 0 Å². The number of nitrogens with one attached hydrogen (secondary N) is 2. The standard InChI is InChI=1S/C20H24N2O2S/c1-4-12-24-17-11-7-10-16(13-17)19(23)22-20(25)21-18-14(3)8-6-9-15(18)5-2/h6-11,13H,4-5,12H2,1-3H3,(H2,21,22,23,25). The molecule has 2 N–H and O–H groups in total. The molecule has 2 aromatic rings. The summed E-state index contributed by atoms with van der Waals surface area (Å²) >= 11 is 5.31. The molecule has 2 rings (SSSR count). The minimum Gasteiger partial charge on any atom is -0.494 e. The zero-order chi connectivity index (χ0) is 18.2. The lowest BCUT2D eigenvalue weighted by Crippen LogP contribution is -2.34. The van der Waals surface area contributed by atoms with Crippen LogP contribution in [0.2, 0.25) is 0 Å². The van der Waals surface area contributed by atoms with E-state index >= 15 is 0 Å². The number of hydrogen-bond donors (Lipinski definition) is 2. The number of thiocarbonyl (C=S) groups is 1. The molecule has 0 saturated heterocycles. The maximum absolute atomic E-state index is 12.4. The van der Waals surface area contributed by atoms with E-state index in [2.05, 4.69) is 17.6 Å². The number of para-hydroxylation sites is 1. The van der Waals surface area contributed by atoms with Crippen LogP contribution in [0.15, 0.2) is 42.5 Å². The largest absolute Gasteiger partial charge is 0.494 e. The number of ether oxygens (including phenoxy) is 1. The Morgan fingerprint density at radius 3 is 2.64 bits per heavy atom. The van der Waals surface area contributed by atoms with E-state index in [1.54, 1.807) is 18.2 Å². The molecular formula is C20H24N2O2S. The van der Waals surface area contributed by atoms with E-state index in [1.807, 2.05) is 38.1 Å². The number of aryl methyl sites for hydroxylation is 2. The van der Waals surface area contributed by atoms with Crippen molar-refractivity contribution in [2.75, 3.05) is 11.9 Å². The van der Waals surface area contributed by atoms with Gasteiger partial charge in [-0.1, -0.05) is 38.1 Å². The fourth-order valence-corrected chi connectivity index (χ4v) is 2.66. The summed E-state index contributed by atoms with van der Waals surface area (Å²) in [4.78, 5) is 12.4. The Bertz CT molecular complexity index is 759. The summed E-state index contributed by atoms with van der Waals surface area (Å²) < 4.78 is 5.56. The molecule has 25 heavy (non-hydrogen) atoms. The molecule has 132 valence electrons. The quantitative estimate of drug-likeness (QED) is 0.750. The number of hydrogen-bond acceptors (Lipinski definition) is 3. The molecule has 0 aliphatic rings. The van der Waals surface area contributed by atoms with Gasteiger partial charge in [-0.2, -0.15) is 0 Å². The average Bonchev–Trinajstić information content (AvgIpc) is 2.61. The normalized spacial score (nSPS) is 10.2. The second-order valence-electron chi connectivity index (χ2n) is 5.75. The van der Waals surface area contributed by atoms with Gasteiger partial charge in [0.1, 0.15) is 5.75 Å². The first-order valence-electron chi connectivity index (χ1n) is 8.48. The van der Waals surface area contributed by atoms with Crippen molar-refractivity contribution in [2.45, 2.75) is 33.6 Å². The van der Waals surface area contributed by atoms with Gasteiger partial charge in [0.2, 0.25) is 0 Å². The highest BCUT2D eigenvalue weighted by Crippen LogP contribution is 2.21. The van der Waals surface area contributed by atoms with Gasteiger partial charge in [-0.3, -0.25) is 10.1 Å². The Morgan fingerprint density at radius 1 is 1.16 bits per heavy atom. The van der Waals surface area contributed by atoms with Crippen molar-refractivity contribution >= 4 is 28.9 Å². The lowest BCUT2D eigenvalue weighted by atomic mass is 10.1. The molecule has 0 unspecified atom stereocenters. The Hall–Kier alpha value is -2.40. The van der Waals surface area contributed by atoms with E-state index in [0.717, 1.165) is 29.7 Å². The van der Waals surface area contributed by atoms with E-state index in [4.69, 9.17) is 17.0 Å². The Labute approximate surface area is 154 Å². The molecule has 0 aliphatic carbocycles. The maximum Gasteiger partial charge on any atom is 0.257 e. The van der Waals surface area contributed by atoms with Gasteiger partial charge in [-0.05, 0) is 61.3 Å². The zero-order valence-corrected chi connectivity index (χ0v) is 15.7. The first-order valence-corrected chi connectivity index (χ1v) is 8.89. The van der Waals surface area contributed by atoms with Crippen LogP contribution < -0.4 is 15.4 Å². The van der Waals surface area contributed by atoms with Crippen molar-refractivity contribution in [3.05, 3.63) is 59.2 Å². The van der Waals surface area contributed by atoms with Crippen LogP contribution in [0.5, 0.6) is 5.75 Å². The van der Waals surface area contributed by atoms with Crippen molar-refractivity contribution in [2.24, 2.45) is 0 Å². The highest BCUT2D eigenvalue weighted by molar-refractivity contribution is 7.80. The molecule has 0 saturated carbocycles. The molecule has 0 radical (unpaired) electrons. The van der Waals surface area contributed by atoms with Crippen LogP contribution in [0.25, 0.3) is 0 Å². The van der Waals surface area contributed by atoms with E-state index in [1.165, 1.54) is 0 Å². The second kappa shape index (κ2) is 9.18. The molecule has 0 bridgehead atoms. The van der Waals surface area contributed by atoms with Gasteiger partial charge in [-0.25, -0.2) is 0 Å². The zero-order valence-electron chi connectivity index (χ0n) is 14.9. The van der Waals surface area contributed by atoms with E-state index in [0.29, 0.717) is 17.9 Å². The minimum atomic E-state index is -0.258. The summed E-state index contributed by atoms with van der Waals surface area (Å²) in [6.45, 7) is 6.76. The predicted molar refractivity (Wildman–Crippen MR) is 106 cm³/mol. The molecule has 0 heterocycles. The maximum atomic E-state index is 12.4. The van der Waals surface area contributed by atoms with Gasteiger partial charge in [0.25, 0.3) is 5.91 Å². The summed E-state index contributed by atoms with van der Waals surface area (Å²) in [7, 11) is 0. The lowest BCUT2D eigenvalue weighted by molar-refractivity contribution is 0.0977. The van der Waals surface area contributed by atoms with Crippen LogP contribution in [-0.4, -0.2) is 17.6 Å². The van der Waals surface area contributed by atoms with Gasteiger partial charge in [0.05, 0.1) is 6.61 Å². The summed E-state index contributed by atoms with van der Waals surface area (Å²) in [6, 6.07) is 13.2. The van der Waals surface area contributed by atoms with Crippen LogP contribution in [0.1, 0.15) is 41.8 Å². The first-order chi connectivity index (χ1) is 12.0. The summed E-state index contributed by atoms with van der Waals surface area (Å²) in [6.07, 6.45) is 1.80. The average molecular weight is 356 g/mol. The molecule has 0 aliphatic heterocycles. The van der Waals surface area contributed by atoms with Gasteiger partial charge < -0.3 is 10.1 Å². The summed E-state index contributed by atoms with van der Waals surface area (Å²) in [5.41, 5.74) is 3.71. The van der Waals surface area contributed by atoms with Crippen molar-refractivity contribution in [3.8, 4) is 5.75 Å². The lowest BCUT2D eigenvalue weighted by Gasteiger charge is -2.15. The van der Waals surface area contributed by atoms with Crippen molar-refractivity contribution in [3.63, 3.8) is 0 Å². The van der Waals surface area contributed by atoms with Crippen LogP contribution in [0, 0.1) is 6.92 Å². The van der Waals surface area contributed by atoms with Gasteiger partial charge in [0, 0.05) is 11.3 Å². The van der Waals surface area contributed by atoms with E-state index in [9.17, 15) is 4.79 Å².